The smallest absolute Gasteiger partial charge is 0.256 e. The van der Waals surface area contributed by atoms with Crippen LogP contribution in [-0.4, -0.2) is 25.2 Å². The van der Waals surface area contributed by atoms with Gasteiger partial charge < -0.3 is 15.8 Å². The van der Waals surface area contributed by atoms with Gasteiger partial charge in [0.1, 0.15) is 5.60 Å². The largest absolute Gasteiger partial charge is 0.369 e. The summed E-state index contributed by atoms with van der Waals surface area (Å²) in [7, 11) is 1.48. The van der Waals surface area contributed by atoms with Gasteiger partial charge in [0.2, 0.25) is 0 Å². The summed E-state index contributed by atoms with van der Waals surface area (Å²) in [5.41, 5.74) is 5.63. The summed E-state index contributed by atoms with van der Waals surface area (Å²) in [5.74, 6) is 5.35. The maximum Gasteiger partial charge on any atom is 0.256 e. The molecule has 1 aromatic carbocycles. The molecule has 0 aliphatic heterocycles. The van der Waals surface area contributed by atoms with Gasteiger partial charge in [-0.25, -0.2) is 0 Å². The number of carbonyl (C=O) groups is 1. The molecule has 102 valence electrons. The first-order chi connectivity index (χ1) is 8.90. The number of hydrogen-bond donors (Lipinski definition) is 2. The number of benzene rings is 1. The minimum absolute atomic E-state index is 0.240. The molecule has 0 fully saturated rings. The number of nitrogens with two attached hydrogens (primary N) is 1. The fraction of sp³-hybridized carbons (Fsp3) is 0.357. The van der Waals surface area contributed by atoms with Crippen LogP contribution >= 0.6 is 11.6 Å². The Hall–Kier alpha value is -1.54. The molecular formula is C14H17ClN2O2. The number of halogens is 1. The normalized spacial score (nSPS) is 10.6. The van der Waals surface area contributed by atoms with Gasteiger partial charge in [0.05, 0.1) is 12.2 Å². The maximum atomic E-state index is 12.0. The van der Waals surface area contributed by atoms with Crippen LogP contribution in [0.5, 0.6) is 0 Å². The molecule has 0 heterocycles. The van der Waals surface area contributed by atoms with Gasteiger partial charge in [-0.2, -0.15) is 0 Å². The van der Waals surface area contributed by atoms with Crippen molar-refractivity contribution >= 4 is 23.2 Å². The number of carbonyl (C=O) groups excluding carboxylic acids is 1. The summed E-state index contributed by atoms with van der Waals surface area (Å²) in [5, 5.41) is 3.32. The Labute approximate surface area is 118 Å². The quantitative estimate of drug-likeness (QED) is 0.833. The maximum absolute atomic E-state index is 12.0. The van der Waals surface area contributed by atoms with Crippen molar-refractivity contribution in [2.24, 2.45) is 5.73 Å². The topological polar surface area (TPSA) is 64.3 Å². The molecule has 0 spiro atoms. The van der Waals surface area contributed by atoms with E-state index in [-0.39, 0.29) is 12.5 Å². The van der Waals surface area contributed by atoms with Crippen LogP contribution in [0.1, 0.15) is 19.4 Å². The zero-order valence-electron chi connectivity index (χ0n) is 11.2. The fourth-order valence-corrected chi connectivity index (χ4v) is 1.41. The average molecular weight is 281 g/mol. The van der Waals surface area contributed by atoms with Gasteiger partial charge >= 0.3 is 0 Å². The third-order valence-corrected chi connectivity index (χ3v) is 2.85. The Bertz CT molecular complexity index is 530. The lowest BCUT2D eigenvalue weighted by Crippen LogP contribution is -2.39. The lowest BCUT2D eigenvalue weighted by Gasteiger charge is -2.22. The molecule has 1 aromatic rings. The van der Waals surface area contributed by atoms with Crippen LogP contribution in [-0.2, 0) is 9.53 Å². The van der Waals surface area contributed by atoms with E-state index in [0.29, 0.717) is 16.3 Å². The summed E-state index contributed by atoms with van der Waals surface area (Å²) < 4.78 is 5.12. The first-order valence-corrected chi connectivity index (χ1v) is 6.13. The van der Waals surface area contributed by atoms with Crippen LogP contribution in [0, 0.1) is 11.8 Å². The van der Waals surface area contributed by atoms with Gasteiger partial charge in [-0.05, 0) is 32.0 Å². The Morgan fingerprint density at radius 2 is 2.21 bits per heavy atom. The number of methoxy groups -OCH3 is 1. The van der Waals surface area contributed by atoms with Crippen LogP contribution < -0.4 is 11.1 Å². The first-order valence-electron chi connectivity index (χ1n) is 5.76. The van der Waals surface area contributed by atoms with Gasteiger partial charge in [-0.15, -0.1) is 0 Å². The van der Waals surface area contributed by atoms with Gasteiger partial charge in [0, 0.05) is 17.7 Å². The highest BCUT2D eigenvalue weighted by atomic mass is 35.5. The Balaban J connectivity index is 3.04. The zero-order chi connectivity index (χ0) is 14.5. The summed E-state index contributed by atoms with van der Waals surface area (Å²) in [6.07, 6.45) is 0. The van der Waals surface area contributed by atoms with E-state index in [9.17, 15) is 4.79 Å². The number of hydrogen-bond acceptors (Lipinski definition) is 3. The van der Waals surface area contributed by atoms with Crippen molar-refractivity contribution in [1.29, 1.82) is 0 Å². The van der Waals surface area contributed by atoms with Gasteiger partial charge in [-0.3, -0.25) is 4.79 Å². The zero-order valence-corrected chi connectivity index (χ0v) is 12.0. The predicted molar refractivity (Wildman–Crippen MR) is 77.1 cm³/mol. The minimum Gasteiger partial charge on any atom is -0.369 e. The molecule has 1 rings (SSSR count). The molecular weight excluding hydrogens is 264 g/mol. The van der Waals surface area contributed by atoms with Crippen molar-refractivity contribution in [2.45, 2.75) is 19.4 Å². The van der Waals surface area contributed by atoms with Crippen LogP contribution in [0.25, 0.3) is 0 Å². The monoisotopic (exact) mass is 280 g/mol. The molecule has 1 amide bonds. The van der Waals surface area contributed by atoms with E-state index in [1.54, 1.807) is 32.0 Å². The third-order valence-electron chi connectivity index (χ3n) is 2.61. The second-order valence-electron chi connectivity index (χ2n) is 4.36. The van der Waals surface area contributed by atoms with Crippen molar-refractivity contribution in [3.8, 4) is 11.8 Å². The SMILES string of the molecule is COC(C)(C)C(=O)Nc1ccc(Cl)cc1C#CCN. The molecule has 0 atom stereocenters. The molecule has 0 aliphatic carbocycles. The van der Waals surface area contributed by atoms with E-state index >= 15 is 0 Å². The first kappa shape index (κ1) is 15.5. The van der Waals surface area contributed by atoms with E-state index in [4.69, 9.17) is 22.1 Å². The van der Waals surface area contributed by atoms with Crippen molar-refractivity contribution in [1.82, 2.24) is 0 Å². The predicted octanol–water partition coefficient (Wildman–Crippen LogP) is 2.01. The molecule has 0 unspecified atom stereocenters. The molecule has 0 aliphatic rings. The Morgan fingerprint density at radius 1 is 1.53 bits per heavy atom. The van der Waals surface area contributed by atoms with Crippen molar-refractivity contribution in [3.63, 3.8) is 0 Å². The van der Waals surface area contributed by atoms with Gasteiger partial charge in [0.25, 0.3) is 5.91 Å². The van der Waals surface area contributed by atoms with Crippen LogP contribution in [0.3, 0.4) is 0 Å². The molecule has 0 aromatic heterocycles. The van der Waals surface area contributed by atoms with E-state index in [0.717, 1.165) is 0 Å². The Morgan fingerprint density at radius 3 is 2.79 bits per heavy atom. The summed E-state index contributed by atoms with van der Waals surface area (Å²) in [6, 6.07) is 5.07. The second kappa shape index (κ2) is 6.58. The fourth-order valence-electron chi connectivity index (χ4n) is 1.24. The van der Waals surface area contributed by atoms with Gasteiger partial charge in [-0.1, -0.05) is 23.4 Å². The van der Waals surface area contributed by atoms with E-state index in [2.05, 4.69) is 17.2 Å². The molecule has 0 saturated carbocycles. The van der Waals surface area contributed by atoms with E-state index in [1.165, 1.54) is 7.11 Å². The summed E-state index contributed by atoms with van der Waals surface area (Å²) in [4.78, 5) is 12.0. The molecule has 0 saturated heterocycles. The lowest BCUT2D eigenvalue weighted by molar-refractivity contribution is -0.133. The van der Waals surface area contributed by atoms with Crippen molar-refractivity contribution in [3.05, 3.63) is 28.8 Å². The molecule has 0 bridgehead atoms. The number of anilines is 1. The van der Waals surface area contributed by atoms with Crippen molar-refractivity contribution < 1.29 is 9.53 Å². The average Bonchev–Trinajstić information content (AvgIpc) is 2.38. The van der Waals surface area contributed by atoms with E-state index < -0.39 is 5.60 Å². The highest BCUT2D eigenvalue weighted by Crippen LogP contribution is 2.21. The molecule has 5 heteroatoms. The lowest BCUT2D eigenvalue weighted by atomic mass is 10.1. The standard InChI is InChI=1S/C14H17ClN2O2/c1-14(2,19-3)13(18)17-12-7-6-11(15)9-10(12)5-4-8-16/h6-7,9H,8,16H2,1-3H3,(H,17,18). The molecule has 4 nitrogen and oxygen atoms in total. The second-order valence-corrected chi connectivity index (χ2v) is 4.80. The molecule has 19 heavy (non-hydrogen) atoms. The van der Waals surface area contributed by atoms with Crippen LogP contribution in [0.4, 0.5) is 5.69 Å². The third kappa shape index (κ3) is 4.25. The highest BCUT2D eigenvalue weighted by molar-refractivity contribution is 6.30. The summed E-state index contributed by atoms with van der Waals surface area (Å²) in [6.45, 7) is 3.61. The van der Waals surface area contributed by atoms with Crippen LogP contribution in [0.15, 0.2) is 18.2 Å². The van der Waals surface area contributed by atoms with Crippen molar-refractivity contribution in [2.75, 3.05) is 19.0 Å². The number of ether oxygens (including phenoxy) is 1. The van der Waals surface area contributed by atoms with Crippen LogP contribution in [0.2, 0.25) is 5.02 Å². The minimum atomic E-state index is -0.918. The molecule has 0 radical (unpaired) electrons. The molecule has 3 N–H and O–H groups in total. The number of rotatable bonds is 3. The number of amides is 1. The van der Waals surface area contributed by atoms with E-state index in [1.807, 2.05) is 0 Å². The Kier molecular flexibility index (Phi) is 5.37. The van der Waals surface area contributed by atoms with Gasteiger partial charge in [0.15, 0.2) is 0 Å². The highest BCUT2D eigenvalue weighted by Gasteiger charge is 2.27. The summed E-state index contributed by atoms with van der Waals surface area (Å²) >= 11 is 5.91. The number of nitrogens with one attached hydrogen (secondary N) is 1.